The molecule has 3 atom stereocenters. The molecule has 0 N–H and O–H groups in total. The van der Waals surface area contributed by atoms with Crippen LogP contribution in [-0.2, 0) is 9.53 Å². The number of rotatable bonds is 1. The van der Waals surface area contributed by atoms with Crippen molar-refractivity contribution in [2.75, 3.05) is 0 Å². The molecule has 0 aromatic heterocycles. The van der Waals surface area contributed by atoms with Crippen LogP contribution in [-0.4, -0.2) is 12.1 Å². The van der Waals surface area contributed by atoms with E-state index in [1.807, 2.05) is 13.8 Å². The summed E-state index contributed by atoms with van der Waals surface area (Å²) < 4.78 is 5.10. The third-order valence-electron chi connectivity index (χ3n) is 2.42. The monoisotopic (exact) mass is 142 g/mol. The van der Waals surface area contributed by atoms with Crippen molar-refractivity contribution in [3.63, 3.8) is 0 Å². The SMILES string of the molecule is CC[C@@H]1OC(=O)C(C)C1C. The first-order valence-corrected chi connectivity index (χ1v) is 3.87. The molecule has 0 aromatic carbocycles. The van der Waals surface area contributed by atoms with Crippen LogP contribution in [0.25, 0.3) is 0 Å². The Bertz CT molecular complexity index is 142. The summed E-state index contributed by atoms with van der Waals surface area (Å²) >= 11 is 0. The van der Waals surface area contributed by atoms with Crippen LogP contribution in [0.3, 0.4) is 0 Å². The van der Waals surface area contributed by atoms with Crippen LogP contribution in [0.1, 0.15) is 27.2 Å². The Morgan fingerprint density at radius 3 is 2.30 bits per heavy atom. The third-order valence-corrected chi connectivity index (χ3v) is 2.42. The molecule has 1 heterocycles. The van der Waals surface area contributed by atoms with E-state index < -0.39 is 0 Å². The number of cyclic esters (lactones) is 1. The molecule has 1 fully saturated rings. The number of ether oxygens (including phenoxy) is 1. The molecule has 2 unspecified atom stereocenters. The highest BCUT2D eigenvalue weighted by Gasteiger charge is 2.37. The van der Waals surface area contributed by atoms with Gasteiger partial charge >= 0.3 is 5.97 Å². The maximum absolute atomic E-state index is 10.9. The van der Waals surface area contributed by atoms with Crippen LogP contribution in [0.2, 0.25) is 0 Å². The molecule has 1 saturated heterocycles. The number of carbonyl (C=O) groups is 1. The van der Waals surface area contributed by atoms with Gasteiger partial charge in [0, 0.05) is 5.92 Å². The second-order valence-electron chi connectivity index (χ2n) is 3.03. The molecular weight excluding hydrogens is 128 g/mol. The first-order valence-electron chi connectivity index (χ1n) is 3.87. The minimum absolute atomic E-state index is 0.0284. The topological polar surface area (TPSA) is 26.3 Å². The van der Waals surface area contributed by atoms with Gasteiger partial charge in [-0.15, -0.1) is 0 Å². The predicted molar refractivity (Wildman–Crippen MR) is 38.5 cm³/mol. The Morgan fingerprint density at radius 2 is 2.10 bits per heavy atom. The summed E-state index contributed by atoms with van der Waals surface area (Å²) in [6, 6.07) is 0. The average Bonchev–Trinajstić information content (AvgIpc) is 2.17. The average molecular weight is 142 g/mol. The molecule has 1 rings (SSSR count). The van der Waals surface area contributed by atoms with Crippen molar-refractivity contribution in [2.45, 2.75) is 33.3 Å². The van der Waals surface area contributed by atoms with Crippen LogP contribution in [0.5, 0.6) is 0 Å². The molecular formula is C8H14O2. The maximum Gasteiger partial charge on any atom is 0.309 e. The first kappa shape index (κ1) is 7.58. The maximum atomic E-state index is 10.9. The molecule has 0 radical (unpaired) electrons. The van der Waals surface area contributed by atoms with Gasteiger partial charge in [-0.2, -0.15) is 0 Å². The molecule has 0 aromatic rings. The van der Waals surface area contributed by atoms with Gasteiger partial charge in [0.2, 0.25) is 0 Å². The van der Waals surface area contributed by atoms with E-state index in [4.69, 9.17) is 4.74 Å². The second-order valence-corrected chi connectivity index (χ2v) is 3.03. The molecule has 58 valence electrons. The highest BCUT2D eigenvalue weighted by molar-refractivity contribution is 5.74. The summed E-state index contributed by atoms with van der Waals surface area (Å²) in [7, 11) is 0. The van der Waals surface area contributed by atoms with E-state index in [9.17, 15) is 4.79 Å². The lowest BCUT2D eigenvalue weighted by Gasteiger charge is -2.10. The molecule has 1 aliphatic heterocycles. The number of hydrogen-bond acceptors (Lipinski definition) is 2. The fourth-order valence-electron chi connectivity index (χ4n) is 1.36. The van der Waals surface area contributed by atoms with Gasteiger partial charge in [-0.1, -0.05) is 20.8 Å². The van der Waals surface area contributed by atoms with E-state index in [1.165, 1.54) is 0 Å². The summed E-state index contributed by atoms with van der Waals surface area (Å²) in [6.45, 7) is 6.05. The van der Waals surface area contributed by atoms with E-state index >= 15 is 0 Å². The lowest BCUT2D eigenvalue weighted by molar-refractivity contribution is -0.144. The fraction of sp³-hybridized carbons (Fsp3) is 0.875. The Labute approximate surface area is 61.6 Å². The van der Waals surface area contributed by atoms with Gasteiger partial charge in [-0.05, 0) is 6.42 Å². The molecule has 0 aliphatic carbocycles. The fourth-order valence-corrected chi connectivity index (χ4v) is 1.36. The van der Waals surface area contributed by atoms with Gasteiger partial charge in [0.25, 0.3) is 0 Å². The summed E-state index contributed by atoms with van der Waals surface area (Å²) in [5, 5.41) is 0. The van der Waals surface area contributed by atoms with E-state index in [1.54, 1.807) is 0 Å². The Morgan fingerprint density at radius 1 is 1.50 bits per heavy atom. The lowest BCUT2D eigenvalue weighted by Crippen LogP contribution is -2.14. The Balaban J connectivity index is 2.61. The van der Waals surface area contributed by atoms with Gasteiger partial charge in [0.15, 0.2) is 0 Å². The van der Waals surface area contributed by atoms with Crippen LogP contribution in [0.15, 0.2) is 0 Å². The molecule has 10 heavy (non-hydrogen) atoms. The zero-order chi connectivity index (χ0) is 7.72. The molecule has 0 spiro atoms. The Hall–Kier alpha value is -0.530. The smallest absolute Gasteiger partial charge is 0.309 e. The summed E-state index contributed by atoms with van der Waals surface area (Å²) in [5.41, 5.74) is 0. The van der Waals surface area contributed by atoms with Gasteiger partial charge in [0.1, 0.15) is 6.10 Å². The van der Waals surface area contributed by atoms with Gasteiger partial charge in [-0.3, -0.25) is 4.79 Å². The van der Waals surface area contributed by atoms with Crippen LogP contribution in [0, 0.1) is 11.8 Å². The molecule has 0 bridgehead atoms. The van der Waals surface area contributed by atoms with Crippen molar-refractivity contribution in [3.8, 4) is 0 Å². The standard InChI is InChI=1S/C8H14O2/c1-4-7-5(2)6(3)8(9)10-7/h5-7H,4H2,1-3H3/t5?,6?,7-/m0/s1. The summed E-state index contributed by atoms with van der Waals surface area (Å²) in [5.74, 6) is 0.474. The van der Waals surface area contributed by atoms with E-state index in [0.717, 1.165) is 6.42 Å². The summed E-state index contributed by atoms with van der Waals surface area (Å²) in [6.07, 6.45) is 1.11. The summed E-state index contributed by atoms with van der Waals surface area (Å²) in [4.78, 5) is 10.9. The zero-order valence-electron chi connectivity index (χ0n) is 6.76. The first-order chi connectivity index (χ1) is 4.66. The van der Waals surface area contributed by atoms with Crippen molar-refractivity contribution >= 4 is 5.97 Å². The minimum atomic E-state index is -0.0284. The quantitative estimate of drug-likeness (QED) is 0.520. The minimum Gasteiger partial charge on any atom is -0.462 e. The molecule has 2 heteroatoms. The Kier molecular flexibility index (Phi) is 1.97. The molecule has 2 nitrogen and oxygen atoms in total. The predicted octanol–water partition coefficient (Wildman–Crippen LogP) is 1.59. The van der Waals surface area contributed by atoms with Gasteiger partial charge < -0.3 is 4.74 Å². The number of carbonyl (C=O) groups excluding carboxylic acids is 1. The van der Waals surface area contributed by atoms with E-state index in [-0.39, 0.29) is 18.0 Å². The molecule has 0 saturated carbocycles. The van der Waals surface area contributed by atoms with Crippen LogP contribution < -0.4 is 0 Å². The van der Waals surface area contributed by atoms with Crippen molar-refractivity contribution in [3.05, 3.63) is 0 Å². The van der Waals surface area contributed by atoms with Gasteiger partial charge in [0.05, 0.1) is 5.92 Å². The van der Waals surface area contributed by atoms with Gasteiger partial charge in [-0.25, -0.2) is 0 Å². The lowest BCUT2D eigenvalue weighted by atomic mass is 9.93. The zero-order valence-corrected chi connectivity index (χ0v) is 6.76. The highest BCUT2D eigenvalue weighted by Crippen LogP contribution is 2.28. The second kappa shape index (κ2) is 2.60. The van der Waals surface area contributed by atoms with Crippen molar-refractivity contribution < 1.29 is 9.53 Å². The number of esters is 1. The highest BCUT2D eigenvalue weighted by atomic mass is 16.6. The van der Waals surface area contributed by atoms with Crippen molar-refractivity contribution in [1.82, 2.24) is 0 Å². The van der Waals surface area contributed by atoms with Crippen LogP contribution >= 0.6 is 0 Å². The van der Waals surface area contributed by atoms with Crippen molar-refractivity contribution in [2.24, 2.45) is 11.8 Å². The normalized spacial score (nSPS) is 39.9. The molecule has 0 amide bonds. The molecule has 1 aliphatic rings. The largest absolute Gasteiger partial charge is 0.462 e. The van der Waals surface area contributed by atoms with E-state index in [2.05, 4.69) is 6.92 Å². The third kappa shape index (κ3) is 1.02. The van der Waals surface area contributed by atoms with Crippen molar-refractivity contribution in [1.29, 1.82) is 0 Å². The van der Waals surface area contributed by atoms with Crippen LogP contribution in [0.4, 0.5) is 0 Å². The van der Waals surface area contributed by atoms with E-state index in [0.29, 0.717) is 5.92 Å². The number of hydrogen-bond donors (Lipinski definition) is 0.